The van der Waals surface area contributed by atoms with Crippen molar-refractivity contribution in [1.82, 2.24) is 15.6 Å². The molecule has 0 saturated heterocycles. The van der Waals surface area contributed by atoms with Crippen molar-refractivity contribution >= 4 is 29.0 Å². The molecule has 7 nitrogen and oxygen atoms in total. The van der Waals surface area contributed by atoms with E-state index in [0.717, 1.165) is 16.6 Å². The zero-order valence-electron chi connectivity index (χ0n) is 10.0. The number of thiophene rings is 1. The molecule has 0 saturated carbocycles. The van der Waals surface area contributed by atoms with Gasteiger partial charge in [-0.1, -0.05) is 6.07 Å². The number of methoxy groups -OCH3 is 1. The second-order valence-electron chi connectivity index (χ2n) is 3.42. The van der Waals surface area contributed by atoms with E-state index in [-0.39, 0.29) is 12.5 Å². The Balaban J connectivity index is 2.07. The van der Waals surface area contributed by atoms with Crippen LogP contribution in [-0.4, -0.2) is 35.1 Å². The lowest BCUT2D eigenvalue weighted by molar-refractivity contribution is -0.121. The minimum absolute atomic E-state index is 0.199. The van der Waals surface area contributed by atoms with E-state index in [4.69, 9.17) is 15.0 Å². The van der Waals surface area contributed by atoms with Gasteiger partial charge in [0.2, 0.25) is 5.91 Å². The van der Waals surface area contributed by atoms with Crippen molar-refractivity contribution in [2.75, 3.05) is 13.7 Å². The fourth-order valence-electron chi connectivity index (χ4n) is 1.29. The van der Waals surface area contributed by atoms with Crippen LogP contribution in [0.1, 0.15) is 0 Å². The van der Waals surface area contributed by atoms with Crippen molar-refractivity contribution < 1.29 is 13.9 Å². The monoisotopic (exact) mass is 300 g/mol. The van der Waals surface area contributed by atoms with E-state index in [0.29, 0.717) is 11.1 Å². The fourth-order valence-corrected chi connectivity index (χ4v) is 2.77. The third kappa shape index (κ3) is 3.53. The summed E-state index contributed by atoms with van der Waals surface area (Å²) in [4.78, 5) is 12.4. The Kier molecular flexibility index (Phi) is 4.91. The summed E-state index contributed by atoms with van der Waals surface area (Å²) in [6.07, 6.45) is 0. The summed E-state index contributed by atoms with van der Waals surface area (Å²) in [5.41, 5.74) is 2.08. The second kappa shape index (κ2) is 6.66. The van der Waals surface area contributed by atoms with Gasteiger partial charge in [-0.25, -0.2) is 5.84 Å². The van der Waals surface area contributed by atoms with Gasteiger partial charge in [0.1, 0.15) is 5.25 Å². The quantitative estimate of drug-likeness (QED) is 0.353. The standard InChI is InChI=1S/C10H12N4O3S2/c1-16-5-7(8(15)12-11)19-10-14-13-9(17-10)6-3-2-4-18-6/h2-4,7H,5,11H2,1H3,(H,12,15). The van der Waals surface area contributed by atoms with Gasteiger partial charge >= 0.3 is 0 Å². The van der Waals surface area contributed by atoms with E-state index in [1.54, 1.807) is 0 Å². The zero-order valence-corrected chi connectivity index (χ0v) is 11.7. The number of nitrogens with one attached hydrogen (secondary N) is 1. The molecule has 0 bridgehead atoms. The van der Waals surface area contributed by atoms with Crippen LogP contribution in [0, 0.1) is 0 Å². The van der Waals surface area contributed by atoms with Crippen molar-refractivity contribution in [2.45, 2.75) is 10.5 Å². The van der Waals surface area contributed by atoms with Gasteiger partial charge in [0.05, 0.1) is 11.5 Å². The summed E-state index contributed by atoms with van der Waals surface area (Å²) < 4.78 is 10.4. The van der Waals surface area contributed by atoms with Crippen molar-refractivity contribution in [3.8, 4) is 10.8 Å². The topological polar surface area (TPSA) is 103 Å². The van der Waals surface area contributed by atoms with E-state index in [2.05, 4.69) is 15.6 Å². The molecule has 2 heterocycles. The molecule has 0 aliphatic rings. The first-order valence-electron chi connectivity index (χ1n) is 5.28. The molecule has 0 aromatic carbocycles. The number of nitrogens with two attached hydrogens (primary N) is 1. The first-order valence-corrected chi connectivity index (χ1v) is 7.04. The minimum Gasteiger partial charge on any atom is -0.410 e. The molecule has 2 aromatic rings. The maximum absolute atomic E-state index is 11.5. The summed E-state index contributed by atoms with van der Waals surface area (Å²) in [6, 6.07) is 3.78. The Morgan fingerprint density at radius 3 is 3.16 bits per heavy atom. The molecule has 1 unspecified atom stereocenters. The third-order valence-corrected chi connectivity index (χ3v) is 3.99. The number of amides is 1. The van der Waals surface area contributed by atoms with Crippen molar-refractivity contribution in [1.29, 1.82) is 0 Å². The predicted octanol–water partition coefficient (Wildman–Crippen LogP) is 0.895. The highest BCUT2D eigenvalue weighted by atomic mass is 32.2. The Morgan fingerprint density at radius 1 is 1.68 bits per heavy atom. The molecule has 9 heteroatoms. The summed E-state index contributed by atoms with van der Waals surface area (Å²) in [5, 5.41) is 9.50. The van der Waals surface area contributed by atoms with Crippen LogP contribution < -0.4 is 11.3 Å². The summed E-state index contributed by atoms with van der Waals surface area (Å²) in [6.45, 7) is 0.199. The molecule has 2 aromatic heterocycles. The molecule has 102 valence electrons. The van der Waals surface area contributed by atoms with E-state index < -0.39 is 5.25 Å². The van der Waals surface area contributed by atoms with Crippen LogP contribution in [0.5, 0.6) is 0 Å². The predicted molar refractivity (Wildman–Crippen MR) is 71.5 cm³/mol. The second-order valence-corrected chi connectivity index (χ2v) is 5.52. The lowest BCUT2D eigenvalue weighted by atomic mass is 10.4. The number of carbonyl (C=O) groups is 1. The Labute approximate surface area is 117 Å². The zero-order chi connectivity index (χ0) is 13.7. The van der Waals surface area contributed by atoms with E-state index in [1.807, 2.05) is 17.5 Å². The van der Waals surface area contributed by atoms with Crippen molar-refractivity contribution in [3.63, 3.8) is 0 Å². The van der Waals surface area contributed by atoms with Gasteiger partial charge in [-0.05, 0) is 23.2 Å². The number of hydrogen-bond acceptors (Lipinski definition) is 8. The molecule has 0 fully saturated rings. The first-order chi connectivity index (χ1) is 9.24. The Bertz CT molecular complexity index is 529. The molecule has 0 spiro atoms. The molecule has 0 aliphatic carbocycles. The average Bonchev–Trinajstić information content (AvgIpc) is 3.07. The minimum atomic E-state index is -0.536. The molecule has 3 N–H and O–H groups in total. The first kappa shape index (κ1) is 14.0. The number of ether oxygens (including phenoxy) is 1. The molecule has 0 aliphatic heterocycles. The van der Waals surface area contributed by atoms with Gasteiger partial charge in [-0.3, -0.25) is 10.2 Å². The highest BCUT2D eigenvalue weighted by Crippen LogP contribution is 2.28. The maximum Gasteiger partial charge on any atom is 0.277 e. The summed E-state index contributed by atoms with van der Waals surface area (Å²) in [5.74, 6) is 5.18. The van der Waals surface area contributed by atoms with Crippen LogP contribution >= 0.6 is 23.1 Å². The largest absolute Gasteiger partial charge is 0.410 e. The van der Waals surface area contributed by atoms with Crippen LogP contribution in [0.3, 0.4) is 0 Å². The SMILES string of the molecule is COCC(Sc1nnc(-c2cccs2)o1)C(=O)NN. The molecule has 2 rings (SSSR count). The number of nitrogens with zero attached hydrogens (tertiary/aromatic N) is 2. The van der Waals surface area contributed by atoms with Crippen LogP contribution in [0.2, 0.25) is 0 Å². The lowest BCUT2D eigenvalue weighted by Crippen LogP contribution is -2.39. The molecule has 19 heavy (non-hydrogen) atoms. The number of carbonyl (C=O) groups excluding carboxylic acids is 1. The van der Waals surface area contributed by atoms with E-state index >= 15 is 0 Å². The molecule has 1 amide bonds. The van der Waals surface area contributed by atoms with Gasteiger partial charge in [-0.15, -0.1) is 21.5 Å². The molecular formula is C10H12N4O3S2. The highest BCUT2D eigenvalue weighted by molar-refractivity contribution is 8.00. The fraction of sp³-hybridized carbons (Fsp3) is 0.300. The summed E-state index contributed by atoms with van der Waals surface area (Å²) >= 11 is 2.61. The number of hydrazine groups is 1. The van der Waals surface area contributed by atoms with Crippen LogP contribution in [-0.2, 0) is 9.53 Å². The molecule has 0 radical (unpaired) electrons. The van der Waals surface area contributed by atoms with E-state index in [1.165, 1.54) is 18.4 Å². The van der Waals surface area contributed by atoms with Crippen molar-refractivity contribution in [3.05, 3.63) is 17.5 Å². The Morgan fingerprint density at radius 2 is 2.53 bits per heavy atom. The van der Waals surface area contributed by atoms with E-state index in [9.17, 15) is 4.79 Å². The molecular weight excluding hydrogens is 288 g/mol. The number of rotatable bonds is 6. The van der Waals surface area contributed by atoms with Crippen LogP contribution in [0.15, 0.2) is 27.2 Å². The Hall–Kier alpha value is -1.42. The van der Waals surface area contributed by atoms with Crippen LogP contribution in [0.4, 0.5) is 0 Å². The van der Waals surface area contributed by atoms with Gasteiger partial charge < -0.3 is 9.15 Å². The van der Waals surface area contributed by atoms with Gasteiger partial charge in [-0.2, -0.15) is 0 Å². The highest BCUT2D eigenvalue weighted by Gasteiger charge is 2.22. The van der Waals surface area contributed by atoms with Gasteiger partial charge in [0, 0.05) is 7.11 Å². The van der Waals surface area contributed by atoms with Crippen LogP contribution in [0.25, 0.3) is 10.8 Å². The average molecular weight is 300 g/mol. The number of thioether (sulfide) groups is 1. The van der Waals surface area contributed by atoms with Gasteiger partial charge in [0.15, 0.2) is 0 Å². The normalized spacial score (nSPS) is 12.3. The smallest absolute Gasteiger partial charge is 0.277 e. The number of aromatic nitrogens is 2. The lowest BCUT2D eigenvalue weighted by Gasteiger charge is -2.10. The maximum atomic E-state index is 11.5. The third-order valence-electron chi connectivity index (χ3n) is 2.13. The van der Waals surface area contributed by atoms with Crippen molar-refractivity contribution in [2.24, 2.45) is 5.84 Å². The summed E-state index contributed by atoms with van der Waals surface area (Å²) in [7, 11) is 1.50. The van der Waals surface area contributed by atoms with Gasteiger partial charge in [0.25, 0.3) is 11.1 Å². The number of hydrogen-bond donors (Lipinski definition) is 2. The molecule has 1 atom stereocenters.